The summed E-state index contributed by atoms with van der Waals surface area (Å²) in [5.74, 6) is -0.196. The molecule has 0 heterocycles. The molecule has 2 N–H and O–H groups in total. The molecule has 6 heteroatoms. The second kappa shape index (κ2) is 11.7. The third-order valence-electron chi connectivity index (χ3n) is 5.33. The summed E-state index contributed by atoms with van der Waals surface area (Å²) in [4.78, 5) is 25.9. The first-order chi connectivity index (χ1) is 14.6. The molecular weight excluding hydrogens is 399 g/mol. The topological polar surface area (TPSA) is 58.2 Å². The lowest BCUT2D eigenvalue weighted by molar-refractivity contribution is -0.119. The van der Waals surface area contributed by atoms with Crippen molar-refractivity contribution in [1.29, 1.82) is 0 Å². The fraction of sp³-hybridized carbons (Fsp3) is 0.417. The predicted octanol–water partition coefficient (Wildman–Crippen LogP) is 5.08. The summed E-state index contributed by atoms with van der Waals surface area (Å²) in [6.45, 7) is 0.320. The van der Waals surface area contributed by atoms with Gasteiger partial charge in [-0.25, -0.2) is 4.39 Å². The standard InChI is InChI=1S/C24H29FN2O2S/c25-19-14-12-18(13-15-19)16-26-24(29)21-10-6-7-11-22(21)30-17-23(28)27-20-8-4-2-1-3-5-9-20/h6-7,10-15,20H,1-5,8-9,16-17H2,(H,26,29)(H,27,28). The van der Waals surface area contributed by atoms with E-state index in [0.717, 1.165) is 23.3 Å². The molecule has 0 aliphatic heterocycles. The molecule has 0 aromatic heterocycles. The van der Waals surface area contributed by atoms with E-state index >= 15 is 0 Å². The Morgan fingerprint density at radius 3 is 2.33 bits per heavy atom. The van der Waals surface area contributed by atoms with Gasteiger partial charge in [0.05, 0.1) is 11.3 Å². The van der Waals surface area contributed by atoms with E-state index in [1.54, 1.807) is 18.2 Å². The third-order valence-corrected chi connectivity index (χ3v) is 6.40. The van der Waals surface area contributed by atoms with E-state index in [0.29, 0.717) is 17.9 Å². The zero-order valence-corrected chi connectivity index (χ0v) is 18.0. The first kappa shape index (κ1) is 22.3. The Balaban J connectivity index is 1.51. The van der Waals surface area contributed by atoms with Gasteiger partial charge in [0.1, 0.15) is 5.82 Å². The van der Waals surface area contributed by atoms with Crippen LogP contribution in [0.15, 0.2) is 53.4 Å². The highest BCUT2D eigenvalue weighted by atomic mass is 32.2. The summed E-state index contributed by atoms with van der Waals surface area (Å²) in [5.41, 5.74) is 1.37. The Hall–Kier alpha value is -2.34. The minimum absolute atomic E-state index is 0.0205. The molecule has 4 nitrogen and oxygen atoms in total. The number of hydrogen-bond donors (Lipinski definition) is 2. The molecule has 0 atom stereocenters. The fourth-order valence-electron chi connectivity index (χ4n) is 3.67. The Morgan fingerprint density at radius 1 is 0.933 bits per heavy atom. The average Bonchev–Trinajstić information content (AvgIpc) is 2.73. The van der Waals surface area contributed by atoms with Crippen LogP contribution in [0.25, 0.3) is 0 Å². The van der Waals surface area contributed by atoms with Crippen LogP contribution < -0.4 is 10.6 Å². The largest absolute Gasteiger partial charge is 0.353 e. The summed E-state index contributed by atoms with van der Waals surface area (Å²) in [7, 11) is 0. The number of hydrogen-bond acceptors (Lipinski definition) is 3. The van der Waals surface area contributed by atoms with Crippen LogP contribution >= 0.6 is 11.8 Å². The molecule has 1 aliphatic rings. The van der Waals surface area contributed by atoms with Gasteiger partial charge in [-0.2, -0.15) is 0 Å². The van der Waals surface area contributed by atoms with Crippen molar-refractivity contribution in [2.75, 3.05) is 5.75 Å². The first-order valence-electron chi connectivity index (χ1n) is 10.7. The smallest absolute Gasteiger partial charge is 0.252 e. The van der Waals surface area contributed by atoms with Gasteiger partial charge in [-0.1, -0.05) is 56.4 Å². The van der Waals surface area contributed by atoms with E-state index in [-0.39, 0.29) is 23.7 Å². The number of nitrogens with one attached hydrogen (secondary N) is 2. The number of amides is 2. The molecule has 1 fully saturated rings. The van der Waals surface area contributed by atoms with Gasteiger partial charge in [0, 0.05) is 17.5 Å². The number of benzene rings is 2. The van der Waals surface area contributed by atoms with Gasteiger partial charge in [0.15, 0.2) is 0 Å². The van der Waals surface area contributed by atoms with E-state index in [9.17, 15) is 14.0 Å². The third kappa shape index (κ3) is 7.17. The molecule has 0 radical (unpaired) electrons. The van der Waals surface area contributed by atoms with Crippen molar-refractivity contribution in [2.24, 2.45) is 0 Å². The van der Waals surface area contributed by atoms with Gasteiger partial charge in [-0.15, -0.1) is 11.8 Å². The molecule has 2 aromatic carbocycles. The van der Waals surface area contributed by atoms with Crippen molar-refractivity contribution in [3.05, 3.63) is 65.5 Å². The van der Waals surface area contributed by atoms with E-state index < -0.39 is 0 Å². The van der Waals surface area contributed by atoms with Crippen LogP contribution in [0.2, 0.25) is 0 Å². The van der Waals surface area contributed by atoms with Crippen molar-refractivity contribution in [2.45, 2.75) is 62.4 Å². The Morgan fingerprint density at radius 2 is 1.60 bits per heavy atom. The molecule has 160 valence electrons. The van der Waals surface area contributed by atoms with Crippen LogP contribution in [0.4, 0.5) is 4.39 Å². The normalized spacial score (nSPS) is 15.1. The number of halogens is 1. The van der Waals surface area contributed by atoms with Crippen LogP contribution in [-0.4, -0.2) is 23.6 Å². The first-order valence-corrected chi connectivity index (χ1v) is 11.6. The summed E-state index contributed by atoms with van der Waals surface area (Å²) in [6.07, 6.45) is 8.27. The fourth-order valence-corrected chi connectivity index (χ4v) is 4.53. The van der Waals surface area contributed by atoms with Gasteiger partial charge in [0.25, 0.3) is 5.91 Å². The average molecular weight is 429 g/mol. The molecule has 2 amide bonds. The lowest BCUT2D eigenvalue weighted by atomic mass is 9.97. The summed E-state index contributed by atoms with van der Waals surface area (Å²) in [5, 5.41) is 6.03. The van der Waals surface area contributed by atoms with Crippen molar-refractivity contribution in [3.8, 4) is 0 Å². The molecule has 2 aromatic rings. The number of carbonyl (C=O) groups excluding carboxylic acids is 2. The number of thioether (sulfide) groups is 1. The van der Waals surface area contributed by atoms with Crippen molar-refractivity contribution >= 4 is 23.6 Å². The van der Waals surface area contributed by atoms with Crippen molar-refractivity contribution in [1.82, 2.24) is 10.6 Å². The number of carbonyl (C=O) groups is 2. The number of rotatable bonds is 7. The molecule has 0 saturated heterocycles. The van der Waals surface area contributed by atoms with Gasteiger partial charge in [-0.05, 0) is 42.7 Å². The molecule has 0 bridgehead atoms. The predicted molar refractivity (Wildman–Crippen MR) is 119 cm³/mol. The lowest BCUT2D eigenvalue weighted by Crippen LogP contribution is -2.36. The maximum absolute atomic E-state index is 13.0. The highest BCUT2D eigenvalue weighted by molar-refractivity contribution is 8.00. The SMILES string of the molecule is O=C(CSc1ccccc1C(=O)NCc1ccc(F)cc1)NC1CCCCCCC1. The maximum atomic E-state index is 13.0. The second-order valence-electron chi connectivity index (χ2n) is 7.70. The molecule has 0 unspecified atom stereocenters. The summed E-state index contributed by atoms with van der Waals surface area (Å²) >= 11 is 1.38. The molecule has 3 rings (SSSR count). The minimum atomic E-state index is -0.301. The minimum Gasteiger partial charge on any atom is -0.353 e. The van der Waals surface area contributed by atoms with Gasteiger partial charge in [0.2, 0.25) is 5.91 Å². The Bertz CT molecular complexity index is 833. The quantitative estimate of drug-likeness (QED) is 0.605. The zero-order chi connectivity index (χ0) is 21.2. The summed E-state index contributed by atoms with van der Waals surface area (Å²) < 4.78 is 13.0. The van der Waals surface area contributed by atoms with Crippen LogP contribution in [0.5, 0.6) is 0 Å². The van der Waals surface area contributed by atoms with E-state index in [1.807, 2.05) is 18.2 Å². The highest BCUT2D eigenvalue weighted by Gasteiger charge is 2.16. The molecule has 0 spiro atoms. The van der Waals surface area contributed by atoms with E-state index in [4.69, 9.17) is 0 Å². The molecule has 1 aliphatic carbocycles. The van der Waals surface area contributed by atoms with Crippen LogP contribution in [0, 0.1) is 5.82 Å². The molecular formula is C24H29FN2O2S. The molecule has 30 heavy (non-hydrogen) atoms. The Labute approximate surface area is 182 Å². The van der Waals surface area contributed by atoms with Crippen LogP contribution in [-0.2, 0) is 11.3 Å². The van der Waals surface area contributed by atoms with Crippen LogP contribution in [0.3, 0.4) is 0 Å². The molecule has 1 saturated carbocycles. The second-order valence-corrected chi connectivity index (χ2v) is 8.72. The van der Waals surface area contributed by atoms with Gasteiger partial charge < -0.3 is 10.6 Å². The maximum Gasteiger partial charge on any atom is 0.252 e. The van der Waals surface area contributed by atoms with Crippen LogP contribution in [0.1, 0.15) is 60.9 Å². The van der Waals surface area contributed by atoms with Crippen molar-refractivity contribution < 1.29 is 14.0 Å². The zero-order valence-electron chi connectivity index (χ0n) is 17.2. The van der Waals surface area contributed by atoms with E-state index in [1.165, 1.54) is 56.0 Å². The summed E-state index contributed by atoms with van der Waals surface area (Å²) in [6, 6.07) is 13.6. The lowest BCUT2D eigenvalue weighted by Gasteiger charge is -2.21. The van der Waals surface area contributed by atoms with Gasteiger partial charge in [-0.3, -0.25) is 9.59 Å². The monoisotopic (exact) mass is 428 g/mol. The van der Waals surface area contributed by atoms with Crippen molar-refractivity contribution in [3.63, 3.8) is 0 Å². The van der Waals surface area contributed by atoms with E-state index in [2.05, 4.69) is 10.6 Å². The highest BCUT2D eigenvalue weighted by Crippen LogP contribution is 2.23. The van der Waals surface area contributed by atoms with Gasteiger partial charge >= 0.3 is 0 Å². The Kier molecular flexibility index (Phi) is 8.75.